The molecular formula is C15H21BO3. The molecule has 0 N–H and O–H groups in total. The van der Waals surface area contributed by atoms with Gasteiger partial charge in [-0.1, -0.05) is 12.1 Å². The molecule has 2 aliphatic heterocycles. The minimum absolute atomic E-state index is 0.290. The van der Waals surface area contributed by atoms with Crippen LogP contribution >= 0.6 is 0 Å². The van der Waals surface area contributed by atoms with E-state index in [9.17, 15) is 0 Å². The van der Waals surface area contributed by atoms with E-state index in [-0.39, 0.29) is 18.3 Å². The van der Waals surface area contributed by atoms with Gasteiger partial charge in [0.05, 0.1) is 17.8 Å². The standard InChI is InChI=1S/C15H21BO3/c1-14(2)15(3,4)19-16(18-14)12-8-5-9-13-11(12)7-6-10-17-13/h5,8-9H,6-7,10H2,1-4H3. The fourth-order valence-electron chi connectivity index (χ4n) is 2.61. The van der Waals surface area contributed by atoms with Crippen molar-refractivity contribution in [1.29, 1.82) is 0 Å². The van der Waals surface area contributed by atoms with Crippen LogP contribution in [0.25, 0.3) is 0 Å². The van der Waals surface area contributed by atoms with Crippen LogP contribution in [0.1, 0.15) is 39.7 Å². The van der Waals surface area contributed by atoms with E-state index in [0.29, 0.717) is 0 Å². The highest BCUT2D eigenvalue weighted by molar-refractivity contribution is 6.62. The van der Waals surface area contributed by atoms with Gasteiger partial charge >= 0.3 is 7.12 Å². The molecule has 0 aliphatic carbocycles. The SMILES string of the molecule is CC1(C)OB(c2cccc3c2CCCO3)OC1(C)C. The Bertz CT molecular complexity index is 480. The average molecular weight is 260 g/mol. The van der Waals surface area contributed by atoms with Crippen LogP contribution in [0.2, 0.25) is 0 Å². The fraction of sp³-hybridized carbons (Fsp3) is 0.600. The van der Waals surface area contributed by atoms with Crippen LogP contribution in [-0.2, 0) is 15.7 Å². The van der Waals surface area contributed by atoms with Crippen molar-refractivity contribution in [3.05, 3.63) is 23.8 Å². The predicted octanol–water partition coefficient (Wildman–Crippen LogP) is 2.31. The largest absolute Gasteiger partial charge is 0.495 e. The van der Waals surface area contributed by atoms with E-state index < -0.39 is 0 Å². The Kier molecular flexibility index (Phi) is 2.91. The van der Waals surface area contributed by atoms with Crippen LogP contribution in [0, 0.1) is 0 Å². The molecule has 0 atom stereocenters. The van der Waals surface area contributed by atoms with Crippen molar-refractivity contribution in [2.24, 2.45) is 0 Å². The molecular weight excluding hydrogens is 239 g/mol. The summed E-state index contributed by atoms with van der Waals surface area (Å²) in [5.74, 6) is 0.985. The maximum atomic E-state index is 6.14. The van der Waals surface area contributed by atoms with Crippen LogP contribution in [0.15, 0.2) is 18.2 Å². The van der Waals surface area contributed by atoms with Gasteiger partial charge in [-0.05, 0) is 57.6 Å². The summed E-state index contributed by atoms with van der Waals surface area (Å²) in [4.78, 5) is 0. The molecule has 0 unspecified atom stereocenters. The Morgan fingerprint density at radius 1 is 1.05 bits per heavy atom. The fourth-order valence-corrected chi connectivity index (χ4v) is 2.61. The van der Waals surface area contributed by atoms with Crippen LogP contribution in [-0.4, -0.2) is 24.9 Å². The Morgan fingerprint density at radius 3 is 2.42 bits per heavy atom. The van der Waals surface area contributed by atoms with E-state index in [1.165, 1.54) is 5.56 Å². The lowest BCUT2D eigenvalue weighted by molar-refractivity contribution is 0.00578. The second kappa shape index (κ2) is 4.25. The Labute approximate surface area is 115 Å². The second-order valence-electron chi connectivity index (χ2n) is 6.36. The lowest BCUT2D eigenvalue weighted by atomic mass is 9.74. The number of benzene rings is 1. The predicted molar refractivity (Wildman–Crippen MR) is 76.0 cm³/mol. The molecule has 0 bridgehead atoms. The molecule has 1 saturated heterocycles. The van der Waals surface area contributed by atoms with Crippen LogP contribution in [0.5, 0.6) is 5.75 Å². The average Bonchev–Trinajstić information content (AvgIpc) is 2.58. The number of hydrogen-bond donors (Lipinski definition) is 0. The Balaban J connectivity index is 1.96. The van der Waals surface area contributed by atoms with Gasteiger partial charge in [-0.3, -0.25) is 0 Å². The molecule has 2 heterocycles. The van der Waals surface area contributed by atoms with Crippen LogP contribution in [0.3, 0.4) is 0 Å². The molecule has 0 saturated carbocycles. The zero-order chi connectivity index (χ0) is 13.7. The number of rotatable bonds is 1. The third kappa shape index (κ3) is 2.07. The maximum Gasteiger partial charge on any atom is 0.495 e. The monoisotopic (exact) mass is 260 g/mol. The molecule has 1 aromatic rings. The molecule has 19 heavy (non-hydrogen) atoms. The first-order valence-corrected chi connectivity index (χ1v) is 7.01. The highest BCUT2D eigenvalue weighted by Crippen LogP contribution is 2.37. The van der Waals surface area contributed by atoms with E-state index in [1.54, 1.807) is 0 Å². The Morgan fingerprint density at radius 2 is 1.74 bits per heavy atom. The summed E-state index contributed by atoms with van der Waals surface area (Å²) in [6.45, 7) is 9.13. The first-order valence-electron chi connectivity index (χ1n) is 7.01. The third-order valence-electron chi connectivity index (χ3n) is 4.51. The van der Waals surface area contributed by atoms with E-state index in [2.05, 4.69) is 33.8 Å². The molecule has 1 aromatic carbocycles. The highest BCUT2D eigenvalue weighted by atomic mass is 16.7. The first kappa shape index (κ1) is 13.0. The molecule has 2 aliphatic rings. The van der Waals surface area contributed by atoms with E-state index in [1.807, 2.05) is 12.1 Å². The highest BCUT2D eigenvalue weighted by Gasteiger charge is 2.52. The molecule has 102 valence electrons. The zero-order valence-corrected chi connectivity index (χ0v) is 12.2. The van der Waals surface area contributed by atoms with E-state index in [0.717, 1.165) is 30.7 Å². The first-order chi connectivity index (χ1) is 8.91. The molecule has 4 heteroatoms. The lowest BCUT2D eigenvalue weighted by Gasteiger charge is -2.32. The summed E-state index contributed by atoms with van der Waals surface area (Å²) >= 11 is 0. The van der Waals surface area contributed by atoms with Gasteiger partial charge in [-0.2, -0.15) is 0 Å². The van der Waals surface area contributed by atoms with Gasteiger partial charge in [0.25, 0.3) is 0 Å². The molecule has 0 radical (unpaired) electrons. The zero-order valence-electron chi connectivity index (χ0n) is 12.2. The van der Waals surface area contributed by atoms with Gasteiger partial charge in [0.2, 0.25) is 0 Å². The van der Waals surface area contributed by atoms with Gasteiger partial charge < -0.3 is 14.0 Å². The number of hydrogen-bond acceptors (Lipinski definition) is 3. The Hall–Kier alpha value is -0.995. The summed E-state index contributed by atoms with van der Waals surface area (Å²) < 4.78 is 18.0. The molecule has 0 aromatic heterocycles. The normalized spacial score (nSPS) is 23.9. The molecule has 3 rings (SSSR count). The maximum absolute atomic E-state index is 6.14. The van der Waals surface area contributed by atoms with Gasteiger partial charge in [-0.25, -0.2) is 0 Å². The molecule has 1 fully saturated rings. The summed E-state index contributed by atoms with van der Waals surface area (Å²) in [6, 6.07) is 6.14. The van der Waals surface area contributed by atoms with Gasteiger partial charge in [0.1, 0.15) is 5.75 Å². The lowest BCUT2D eigenvalue weighted by Crippen LogP contribution is -2.41. The van der Waals surface area contributed by atoms with Crippen molar-refractivity contribution in [1.82, 2.24) is 0 Å². The van der Waals surface area contributed by atoms with Crippen LogP contribution < -0.4 is 10.2 Å². The number of fused-ring (bicyclic) bond motifs is 1. The topological polar surface area (TPSA) is 27.7 Å². The minimum atomic E-state index is -0.296. The number of ether oxygens (including phenoxy) is 1. The van der Waals surface area contributed by atoms with Crippen molar-refractivity contribution in [3.8, 4) is 5.75 Å². The van der Waals surface area contributed by atoms with Gasteiger partial charge in [0.15, 0.2) is 0 Å². The summed E-state index contributed by atoms with van der Waals surface area (Å²) in [5, 5.41) is 0. The quantitative estimate of drug-likeness (QED) is 0.725. The van der Waals surface area contributed by atoms with Crippen molar-refractivity contribution >= 4 is 12.6 Å². The van der Waals surface area contributed by atoms with E-state index >= 15 is 0 Å². The smallest absolute Gasteiger partial charge is 0.493 e. The van der Waals surface area contributed by atoms with Gasteiger partial charge in [0, 0.05) is 0 Å². The molecule has 0 spiro atoms. The summed E-state index contributed by atoms with van der Waals surface area (Å²) in [7, 11) is -0.290. The second-order valence-corrected chi connectivity index (χ2v) is 6.36. The third-order valence-corrected chi connectivity index (χ3v) is 4.51. The molecule has 3 nitrogen and oxygen atoms in total. The summed E-state index contributed by atoms with van der Waals surface area (Å²) in [5.41, 5.74) is 1.77. The molecule has 0 amide bonds. The van der Waals surface area contributed by atoms with Crippen LogP contribution in [0.4, 0.5) is 0 Å². The van der Waals surface area contributed by atoms with Crippen molar-refractivity contribution in [3.63, 3.8) is 0 Å². The summed E-state index contributed by atoms with van der Waals surface area (Å²) in [6.07, 6.45) is 2.10. The van der Waals surface area contributed by atoms with Crippen molar-refractivity contribution < 1.29 is 14.0 Å². The van der Waals surface area contributed by atoms with E-state index in [4.69, 9.17) is 14.0 Å². The minimum Gasteiger partial charge on any atom is -0.493 e. The van der Waals surface area contributed by atoms with Crippen molar-refractivity contribution in [2.75, 3.05) is 6.61 Å². The van der Waals surface area contributed by atoms with Crippen molar-refractivity contribution in [2.45, 2.75) is 51.7 Å². The van der Waals surface area contributed by atoms with Gasteiger partial charge in [-0.15, -0.1) is 0 Å².